The predicted octanol–water partition coefficient (Wildman–Crippen LogP) is 1.39. The van der Waals surface area contributed by atoms with Gasteiger partial charge in [-0.05, 0) is 6.07 Å². The van der Waals surface area contributed by atoms with Gasteiger partial charge in [-0.1, -0.05) is 18.2 Å². The molecule has 110 valence electrons. The number of fused-ring (bicyclic) bond motifs is 1. The molecule has 0 spiro atoms. The number of nitrogens with zero attached hydrogens (tertiary/aromatic N) is 8. The summed E-state index contributed by atoms with van der Waals surface area (Å²) >= 11 is 0. The minimum absolute atomic E-state index is 0.475. The number of hydrogen-bond donors (Lipinski definition) is 0. The van der Waals surface area contributed by atoms with Crippen LogP contribution in [0.3, 0.4) is 0 Å². The summed E-state index contributed by atoms with van der Waals surface area (Å²) in [5.41, 5.74) is 2.06. The minimum atomic E-state index is 0.475. The molecule has 8 nitrogen and oxygen atoms in total. The molecular weight excluding hydrogens is 292 g/mol. The molecule has 0 atom stereocenters. The van der Waals surface area contributed by atoms with E-state index in [1.165, 1.54) is 12.7 Å². The second-order valence-corrected chi connectivity index (χ2v) is 5.20. The molecular formula is C15H10N8. The maximum absolute atomic E-state index is 4.57. The van der Waals surface area contributed by atoms with Crippen LogP contribution in [0.5, 0.6) is 0 Å². The number of para-hydroxylation sites is 1. The third-order valence-corrected chi connectivity index (χ3v) is 3.84. The molecule has 0 saturated carbocycles. The topological polar surface area (TPSA) is 82.3 Å². The van der Waals surface area contributed by atoms with E-state index < -0.39 is 0 Å². The zero-order valence-corrected chi connectivity index (χ0v) is 12.1. The number of amidine groups is 1. The van der Waals surface area contributed by atoms with Gasteiger partial charge in [0.25, 0.3) is 0 Å². The van der Waals surface area contributed by atoms with Crippen molar-refractivity contribution < 1.29 is 0 Å². The van der Waals surface area contributed by atoms with Gasteiger partial charge in [0.05, 0.1) is 0 Å². The number of hydrogen-bond acceptors (Lipinski definition) is 7. The highest BCUT2D eigenvalue weighted by atomic mass is 15.5. The number of rotatable bonds is 1. The molecule has 3 aliphatic heterocycles. The Labute approximate surface area is 130 Å². The summed E-state index contributed by atoms with van der Waals surface area (Å²) < 4.78 is 2.06. The van der Waals surface area contributed by atoms with E-state index in [0.29, 0.717) is 23.7 Å². The van der Waals surface area contributed by atoms with Gasteiger partial charge in [-0.3, -0.25) is 0 Å². The Morgan fingerprint density at radius 3 is 2.57 bits per heavy atom. The molecule has 3 aliphatic rings. The van der Waals surface area contributed by atoms with Gasteiger partial charge in [-0.25, -0.2) is 24.9 Å². The fourth-order valence-corrected chi connectivity index (χ4v) is 2.81. The van der Waals surface area contributed by atoms with Crippen molar-refractivity contribution in [2.75, 3.05) is 0 Å². The average Bonchev–Trinajstić information content (AvgIpc) is 2.93. The Morgan fingerprint density at radius 1 is 0.870 bits per heavy atom. The van der Waals surface area contributed by atoms with Crippen molar-refractivity contribution in [3.63, 3.8) is 0 Å². The first kappa shape index (κ1) is 12.2. The molecule has 0 unspecified atom stereocenters. The lowest BCUT2D eigenvalue weighted by molar-refractivity contribution is 0.833. The van der Waals surface area contributed by atoms with E-state index in [0.717, 1.165) is 16.5 Å². The number of benzene rings is 1. The summed E-state index contributed by atoms with van der Waals surface area (Å²) in [4.78, 5) is 27.4. The minimum Gasteiger partial charge on any atom is -0.350 e. The molecule has 1 aromatic heterocycles. The summed E-state index contributed by atoms with van der Waals surface area (Å²) in [6.07, 6.45) is 4.90. The first-order valence-corrected chi connectivity index (χ1v) is 7.04. The summed E-state index contributed by atoms with van der Waals surface area (Å²) in [5.74, 6) is 2.01. The molecule has 4 heterocycles. The third kappa shape index (κ3) is 1.65. The van der Waals surface area contributed by atoms with Gasteiger partial charge in [0, 0.05) is 29.7 Å². The number of aryl methyl sites for hydroxylation is 1. The molecule has 5 rings (SSSR count). The fourth-order valence-electron chi connectivity index (χ4n) is 2.81. The molecule has 0 aliphatic carbocycles. The van der Waals surface area contributed by atoms with E-state index in [9.17, 15) is 0 Å². The first-order valence-electron chi connectivity index (χ1n) is 7.04. The highest BCUT2D eigenvalue weighted by molar-refractivity contribution is 6.30. The summed E-state index contributed by atoms with van der Waals surface area (Å²) in [5, 5.41) is 1.09. The van der Waals surface area contributed by atoms with E-state index in [4.69, 9.17) is 0 Å². The van der Waals surface area contributed by atoms with Gasteiger partial charge in [-0.15, -0.1) is 0 Å². The molecule has 8 heteroatoms. The van der Waals surface area contributed by atoms with Crippen LogP contribution in [0.4, 0.5) is 0 Å². The lowest BCUT2D eigenvalue weighted by Crippen LogP contribution is -2.45. The maximum atomic E-state index is 4.57. The van der Waals surface area contributed by atoms with Crippen molar-refractivity contribution in [2.45, 2.75) is 0 Å². The number of aromatic nitrogens is 1. The smallest absolute Gasteiger partial charge is 0.243 e. The van der Waals surface area contributed by atoms with Crippen LogP contribution in [-0.2, 0) is 7.05 Å². The van der Waals surface area contributed by atoms with Crippen molar-refractivity contribution in [1.82, 2.24) is 9.47 Å². The van der Waals surface area contributed by atoms with Crippen LogP contribution in [0.15, 0.2) is 60.4 Å². The Balaban J connectivity index is 1.74. The standard InChI is InChI=1S/C15H10N8/c1-22-6-10(9-4-2-3-5-11(9)22)12-20-14-18-7-16-13-17-8-19-15(21-12)23(13)14/h2-8H,1H3. The summed E-state index contributed by atoms with van der Waals surface area (Å²) in [6, 6.07) is 8.14. The lowest BCUT2D eigenvalue weighted by atomic mass is 10.1. The normalized spacial score (nSPS) is 18.4. The van der Waals surface area contributed by atoms with Crippen molar-refractivity contribution in [3.8, 4) is 0 Å². The zero-order valence-electron chi connectivity index (χ0n) is 12.1. The number of aliphatic imine (C=N–C) groups is 6. The van der Waals surface area contributed by atoms with Gasteiger partial charge >= 0.3 is 0 Å². The Morgan fingerprint density at radius 2 is 1.65 bits per heavy atom. The summed E-state index contributed by atoms with van der Waals surface area (Å²) in [7, 11) is 2.00. The highest BCUT2D eigenvalue weighted by Gasteiger charge is 2.31. The van der Waals surface area contributed by atoms with Crippen LogP contribution >= 0.6 is 0 Å². The fraction of sp³-hybridized carbons (Fsp3) is 0.0667. The van der Waals surface area contributed by atoms with Crippen molar-refractivity contribution in [2.24, 2.45) is 37.0 Å². The quantitative estimate of drug-likeness (QED) is 0.783. The van der Waals surface area contributed by atoms with Gasteiger partial charge in [0.2, 0.25) is 17.9 Å². The van der Waals surface area contributed by atoms with Gasteiger partial charge < -0.3 is 4.57 Å². The van der Waals surface area contributed by atoms with Crippen LogP contribution in [0.1, 0.15) is 5.56 Å². The SMILES string of the molecule is Cn1cc(C2=NC3=NC=NC4=NC=NC(=N2)N43)c2ccccc21. The van der Waals surface area contributed by atoms with Crippen LogP contribution in [-0.4, -0.2) is 45.9 Å². The molecule has 0 radical (unpaired) electrons. The lowest BCUT2D eigenvalue weighted by Gasteiger charge is -2.27. The molecule has 0 bridgehead atoms. The molecule has 0 saturated heterocycles. The van der Waals surface area contributed by atoms with Crippen LogP contribution < -0.4 is 0 Å². The largest absolute Gasteiger partial charge is 0.350 e. The second kappa shape index (κ2) is 4.29. The Hall–Kier alpha value is -3.42. The molecule has 0 N–H and O–H groups in total. The van der Waals surface area contributed by atoms with Crippen LogP contribution in [0.2, 0.25) is 0 Å². The maximum Gasteiger partial charge on any atom is 0.243 e. The number of guanidine groups is 3. The van der Waals surface area contributed by atoms with E-state index in [1.54, 1.807) is 4.90 Å². The average molecular weight is 302 g/mol. The van der Waals surface area contributed by atoms with Crippen molar-refractivity contribution in [1.29, 1.82) is 0 Å². The van der Waals surface area contributed by atoms with Gasteiger partial charge in [0.15, 0.2) is 5.84 Å². The third-order valence-electron chi connectivity index (χ3n) is 3.84. The Kier molecular flexibility index (Phi) is 2.27. The van der Waals surface area contributed by atoms with E-state index >= 15 is 0 Å². The predicted molar refractivity (Wildman–Crippen MR) is 90.6 cm³/mol. The van der Waals surface area contributed by atoms with Crippen LogP contribution in [0, 0.1) is 0 Å². The second-order valence-electron chi connectivity index (χ2n) is 5.20. The summed E-state index contributed by atoms with van der Waals surface area (Å²) in [6.45, 7) is 0. The Bertz CT molecular complexity index is 1030. The molecule has 0 amide bonds. The van der Waals surface area contributed by atoms with E-state index in [-0.39, 0.29) is 0 Å². The first-order chi connectivity index (χ1) is 11.3. The van der Waals surface area contributed by atoms with Gasteiger partial charge in [-0.2, -0.15) is 9.98 Å². The molecule has 0 fully saturated rings. The van der Waals surface area contributed by atoms with Crippen LogP contribution in [0.25, 0.3) is 10.9 Å². The van der Waals surface area contributed by atoms with Crippen molar-refractivity contribution in [3.05, 3.63) is 36.0 Å². The van der Waals surface area contributed by atoms with Gasteiger partial charge in [0.1, 0.15) is 12.7 Å². The van der Waals surface area contributed by atoms with E-state index in [1.807, 2.05) is 25.4 Å². The highest BCUT2D eigenvalue weighted by Crippen LogP contribution is 2.24. The molecule has 1 aromatic carbocycles. The molecule has 2 aromatic rings. The zero-order chi connectivity index (χ0) is 15.4. The van der Waals surface area contributed by atoms with E-state index in [2.05, 4.69) is 46.7 Å². The molecule has 23 heavy (non-hydrogen) atoms. The van der Waals surface area contributed by atoms with Crippen molar-refractivity contribution >= 4 is 47.3 Å². The monoisotopic (exact) mass is 302 g/mol.